The van der Waals surface area contributed by atoms with Crippen LogP contribution in [0.2, 0.25) is 0 Å². The van der Waals surface area contributed by atoms with Crippen LogP contribution < -0.4 is 21.3 Å². The molecule has 9 nitrogen and oxygen atoms in total. The number of thiol groups is 1. The van der Waals surface area contributed by atoms with Crippen LogP contribution in [0.15, 0.2) is 47.2 Å². The molecule has 0 saturated heterocycles. The lowest BCUT2D eigenvalue weighted by atomic mass is 9.96. The smallest absolute Gasteiger partial charge is 0.326 e. The SMILES string of the molecule is CCC(C)[C@H](NC(=O)[C@@H](NC(=O)[C@H](CS)N/C=C/C(C)=C/C/C=C(/C)CCC=C(C)C)C(C)C)C(=O)N[C@@H](CCSC)C(=O)O. The Hall–Kier alpha value is -2.66. The highest BCUT2D eigenvalue weighted by Crippen LogP contribution is 2.12. The molecule has 0 rings (SSSR count). The Morgan fingerprint density at radius 3 is 2.02 bits per heavy atom. The zero-order valence-corrected chi connectivity index (χ0v) is 30.4. The van der Waals surface area contributed by atoms with Gasteiger partial charge >= 0.3 is 5.97 Å². The molecule has 0 radical (unpaired) electrons. The predicted molar refractivity (Wildman–Crippen MR) is 191 cm³/mol. The lowest BCUT2D eigenvalue weighted by Crippen LogP contribution is -2.60. The molecule has 3 amide bonds. The maximum atomic E-state index is 13.4. The number of allylic oxidation sites excluding steroid dienone is 7. The number of carbonyl (C=O) groups excluding carboxylic acids is 3. The second kappa shape index (κ2) is 23.6. The highest BCUT2D eigenvalue weighted by atomic mass is 32.2. The second-order valence-electron chi connectivity index (χ2n) is 12.1. The van der Waals surface area contributed by atoms with E-state index in [0.29, 0.717) is 12.2 Å². The Morgan fingerprint density at radius 1 is 0.867 bits per heavy atom. The van der Waals surface area contributed by atoms with E-state index in [0.717, 1.165) is 24.8 Å². The van der Waals surface area contributed by atoms with E-state index >= 15 is 0 Å². The second-order valence-corrected chi connectivity index (χ2v) is 13.4. The molecule has 5 N–H and O–H groups in total. The molecular formula is C34H58N4O5S2. The molecule has 0 spiro atoms. The van der Waals surface area contributed by atoms with Crippen molar-refractivity contribution in [1.82, 2.24) is 21.3 Å². The highest BCUT2D eigenvalue weighted by molar-refractivity contribution is 7.98. The van der Waals surface area contributed by atoms with Crippen molar-refractivity contribution in [3.63, 3.8) is 0 Å². The topological polar surface area (TPSA) is 137 Å². The number of thioether (sulfide) groups is 1. The van der Waals surface area contributed by atoms with Gasteiger partial charge in [0, 0.05) is 5.75 Å². The van der Waals surface area contributed by atoms with E-state index < -0.39 is 47.9 Å². The minimum Gasteiger partial charge on any atom is -0.480 e. The zero-order valence-electron chi connectivity index (χ0n) is 28.7. The molecule has 0 heterocycles. The number of hydrogen-bond acceptors (Lipinski definition) is 7. The van der Waals surface area contributed by atoms with Crippen molar-refractivity contribution in [1.29, 1.82) is 0 Å². The third kappa shape index (κ3) is 18.2. The molecule has 5 atom stereocenters. The Balaban J connectivity index is 5.40. The van der Waals surface area contributed by atoms with Gasteiger partial charge in [0.1, 0.15) is 24.2 Å². The molecule has 0 aliphatic heterocycles. The van der Waals surface area contributed by atoms with Crippen molar-refractivity contribution in [2.45, 2.75) is 112 Å². The van der Waals surface area contributed by atoms with Crippen molar-refractivity contribution in [2.75, 3.05) is 17.8 Å². The first-order valence-corrected chi connectivity index (χ1v) is 17.8. The van der Waals surface area contributed by atoms with Gasteiger partial charge in [0.25, 0.3) is 0 Å². The number of amides is 3. The van der Waals surface area contributed by atoms with Gasteiger partial charge in [-0.3, -0.25) is 14.4 Å². The highest BCUT2D eigenvalue weighted by Gasteiger charge is 2.33. The molecule has 0 aliphatic rings. The van der Waals surface area contributed by atoms with Crippen LogP contribution in [0, 0.1) is 11.8 Å². The van der Waals surface area contributed by atoms with Gasteiger partial charge in [-0.15, -0.1) is 0 Å². The summed E-state index contributed by atoms with van der Waals surface area (Å²) in [5, 5.41) is 20.8. The molecule has 0 aromatic rings. The fraction of sp³-hybridized carbons (Fsp3) is 0.647. The maximum absolute atomic E-state index is 13.4. The summed E-state index contributed by atoms with van der Waals surface area (Å²) in [7, 11) is 0. The Kier molecular flexibility index (Phi) is 22.2. The molecule has 0 saturated carbocycles. The number of rotatable bonds is 22. The fourth-order valence-corrected chi connectivity index (χ4v) is 4.94. The van der Waals surface area contributed by atoms with Gasteiger partial charge in [-0.05, 0) is 89.5 Å². The van der Waals surface area contributed by atoms with Crippen molar-refractivity contribution >= 4 is 48.1 Å². The van der Waals surface area contributed by atoms with E-state index in [1.165, 1.54) is 22.9 Å². The number of hydrogen-bond donors (Lipinski definition) is 6. The molecular weight excluding hydrogens is 609 g/mol. The van der Waals surface area contributed by atoms with E-state index in [2.05, 4.69) is 72.9 Å². The van der Waals surface area contributed by atoms with E-state index in [1.54, 1.807) is 20.0 Å². The lowest BCUT2D eigenvalue weighted by molar-refractivity contribution is -0.142. The first kappa shape index (κ1) is 42.3. The van der Waals surface area contributed by atoms with E-state index in [1.807, 2.05) is 33.1 Å². The van der Waals surface area contributed by atoms with Crippen LogP contribution in [0.3, 0.4) is 0 Å². The maximum Gasteiger partial charge on any atom is 0.326 e. The quantitative estimate of drug-likeness (QED) is 0.0517. The first-order valence-electron chi connectivity index (χ1n) is 15.8. The largest absolute Gasteiger partial charge is 0.480 e. The molecule has 0 aromatic carbocycles. The molecule has 0 aliphatic carbocycles. The van der Waals surface area contributed by atoms with Crippen molar-refractivity contribution < 1.29 is 24.3 Å². The average molecular weight is 667 g/mol. The Morgan fingerprint density at radius 2 is 1.49 bits per heavy atom. The van der Waals surface area contributed by atoms with Crippen LogP contribution in [0.4, 0.5) is 0 Å². The van der Waals surface area contributed by atoms with Crippen molar-refractivity contribution in [3.8, 4) is 0 Å². The molecule has 0 fully saturated rings. The average Bonchev–Trinajstić information content (AvgIpc) is 2.97. The lowest BCUT2D eigenvalue weighted by Gasteiger charge is -2.29. The van der Waals surface area contributed by atoms with Crippen molar-refractivity contribution in [2.24, 2.45) is 11.8 Å². The summed E-state index contributed by atoms with van der Waals surface area (Å²) in [5.41, 5.74) is 3.72. The van der Waals surface area contributed by atoms with Crippen LogP contribution in [-0.4, -0.2) is 70.7 Å². The van der Waals surface area contributed by atoms with Gasteiger partial charge < -0.3 is 26.4 Å². The summed E-state index contributed by atoms with van der Waals surface area (Å²) in [6.45, 7) is 15.7. The van der Waals surface area contributed by atoms with Crippen LogP contribution in [0.25, 0.3) is 0 Å². The van der Waals surface area contributed by atoms with Gasteiger partial charge in [-0.1, -0.05) is 69.1 Å². The standard InChI is InChI=1S/C34H58N4O5S2/c1-10-26(8)30(33(41)36-27(34(42)43)18-20-45-9)38-32(40)29(23(4)5)37-31(39)28(21-44)35-19-17-25(7)16-12-15-24(6)14-11-13-22(2)3/h13,15-17,19,23,26-30,35,44H,10-12,14,18,20-21H2,1-9H3,(H,36,41)(H,37,39)(H,38,40)(H,42,43)/b19-17+,24-15-,25-16+/t26?,27-,28-,29-,30-/m0/s1. The van der Waals surface area contributed by atoms with E-state index in [9.17, 15) is 24.3 Å². The predicted octanol–water partition coefficient (Wildman–Crippen LogP) is 5.41. The molecule has 11 heteroatoms. The minimum atomic E-state index is -1.12. The number of carbonyl (C=O) groups is 4. The fourth-order valence-electron chi connectivity index (χ4n) is 4.20. The van der Waals surface area contributed by atoms with Crippen LogP contribution in [0.5, 0.6) is 0 Å². The van der Waals surface area contributed by atoms with Crippen LogP contribution in [-0.2, 0) is 19.2 Å². The van der Waals surface area contributed by atoms with Gasteiger partial charge in [0.05, 0.1) is 0 Å². The number of nitrogens with one attached hydrogen (secondary N) is 4. The third-order valence-electron chi connectivity index (χ3n) is 7.41. The monoisotopic (exact) mass is 666 g/mol. The number of carboxylic acids is 1. The van der Waals surface area contributed by atoms with Gasteiger partial charge in [-0.25, -0.2) is 4.79 Å². The summed E-state index contributed by atoms with van der Waals surface area (Å²) in [4.78, 5) is 51.4. The van der Waals surface area contributed by atoms with E-state index in [4.69, 9.17) is 0 Å². The summed E-state index contributed by atoms with van der Waals surface area (Å²) < 4.78 is 0. The van der Waals surface area contributed by atoms with Gasteiger partial charge in [0.2, 0.25) is 17.7 Å². The molecule has 0 aromatic heterocycles. The normalized spacial score (nSPS) is 15.5. The Labute approximate surface area is 281 Å². The van der Waals surface area contributed by atoms with E-state index in [-0.39, 0.29) is 24.0 Å². The van der Waals surface area contributed by atoms with Crippen molar-refractivity contribution in [3.05, 3.63) is 47.2 Å². The van der Waals surface area contributed by atoms with Crippen LogP contribution >= 0.6 is 24.4 Å². The molecule has 1 unspecified atom stereocenters. The molecule has 45 heavy (non-hydrogen) atoms. The summed E-state index contributed by atoms with van der Waals surface area (Å²) in [5.74, 6) is -2.36. The zero-order chi connectivity index (χ0) is 34.5. The number of carboxylic acid groups (broad SMARTS) is 1. The third-order valence-corrected chi connectivity index (χ3v) is 8.41. The Bertz CT molecular complexity index is 1070. The summed E-state index contributed by atoms with van der Waals surface area (Å²) >= 11 is 5.82. The first-order chi connectivity index (χ1) is 21.2. The van der Waals surface area contributed by atoms with Crippen LogP contribution in [0.1, 0.15) is 87.5 Å². The van der Waals surface area contributed by atoms with Gasteiger partial charge in [-0.2, -0.15) is 24.4 Å². The summed E-state index contributed by atoms with van der Waals surface area (Å²) in [6, 6.07) is -3.61. The number of aliphatic carboxylic acids is 1. The molecule has 0 bridgehead atoms. The minimum absolute atomic E-state index is 0.198. The summed E-state index contributed by atoms with van der Waals surface area (Å²) in [6.07, 6.45) is 15.8. The van der Waals surface area contributed by atoms with Gasteiger partial charge in [0.15, 0.2) is 0 Å². The molecule has 256 valence electrons.